The summed E-state index contributed by atoms with van der Waals surface area (Å²) >= 11 is 3.47. The molecule has 0 saturated heterocycles. The Bertz CT molecular complexity index is 1240. The number of fused-ring (bicyclic) bond motifs is 1. The number of aromatic nitrogens is 2. The van der Waals surface area contributed by atoms with Gasteiger partial charge in [-0.15, -0.1) is 0 Å². The largest absolute Gasteiger partial charge is 0.491 e. The number of benzene rings is 2. The second kappa shape index (κ2) is 13.0. The summed E-state index contributed by atoms with van der Waals surface area (Å²) in [6, 6.07) is 10.9. The molecule has 190 valence electrons. The van der Waals surface area contributed by atoms with Crippen molar-refractivity contribution in [2.24, 2.45) is 0 Å². The maximum atomic E-state index is 12.1. The zero-order chi connectivity index (χ0) is 26.1. The summed E-state index contributed by atoms with van der Waals surface area (Å²) in [5, 5.41) is 6.82. The molecule has 0 aliphatic heterocycles. The molecule has 10 heteroatoms. The zero-order valence-electron chi connectivity index (χ0n) is 20.6. The van der Waals surface area contributed by atoms with Crippen LogP contribution in [0.2, 0.25) is 0 Å². The third-order valence-electron chi connectivity index (χ3n) is 5.47. The molecule has 0 spiro atoms. The van der Waals surface area contributed by atoms with E-state index in [9.17, 15) is 9.59 Å². The van der Waals surface area contributed by atoms with E-state index in [0.29, 0.717) is 54.3 Å². The van der Waals surface area contributed by atoms with E-state index >= 15 is 0 Å². The standard InChI is InChI=1S/C26H30BrN5O4/c1-5-24(33)31-22-14-20-21(28-16-29-25(20)30-19-10-7-9-18(27)13-19)15-23(22)36-12-8-11-32(4)17(3)26(34)35-6-2/h5,7,9-10,13-17H,1,6,8,11-12H2,2-4H3,(H,31,33)(H,28,29,30). The lowest BCUT2D eigenvalue weighted by molar-refractivity contribution is -0.148. The van der Waals surface area contributed by atoms with E-state index < -0.39 is 0 Å². The molecular formula is C26H30BrN5O4. The first-order valence-corrected chi connectivity index (χ1v) is 12.4. The van der Waals surface area contributed by atoms with Gasteiger partial charge in [0.15, 0.2) is 0 Å². The number of amides is 1. The van der Waals surface area contributed by atoms with Gasteiger partial charge in [0.1, 0.15) is 23.9 Å². The van der Waals surface area contributed by atoms with Crippen LogP contribution < -0.4 is 15.4 Å². The van der Waals surface area contributed by atoms with Gasteiger partial charge in [-0.05, 0) is 57.7 Å². The maximum Gasteiger partial charge on any atom is 0.323 e. The summed E-state index contributed by atoms with van der Waals surface area (Å²) in [6.45, 7) is 8.48. The highest BCUT2D eigenvalue weighted by atomic mass is 79.9. The van der Waals surface area contributed by atoms with Crippen LogP contribution in [0, 0.1) is 0 Å². The Balaban J connectivity index is 1.78. The Morgan fingerprint density at radius 3 is 2.78 bits per heavy atom. The van der Waals surface area contributed by atoms with Crippen LogP contribution >= 0.6 is 15.9 Å². The normalized spacial score (nSPS) is 11.7. The van der Waals surface area contributed by atoms with E-state index in [1.165, 1.54) is 12.4 Å². The number of likely N-dealkylation sites (N-methyl/N-ethyl adjacent to an activating group) is 1. The van der Waals surface area contributed by atoms with Gasteiger partial charge < -0.3 is 20.1 Å². The van der Waals surface area contributed by atoms with Gasteiger partial charge in [0.05, 0.1) is 24.4 Å². The highest BCUT2D eigenvalue weighted by Crippen LogP contribution is 2.33. The number of hydrogen-bond acceptors (Lipinski definition) is 8. The van der Waals surface area contributed by atoms with Crippen LogP contribution in [0.15, 0.2) is 59.9 Å². The zero-order valence-corrected chi connectivity index (χ0v) is 22.2. The van der Waals surface area contributed by atoms with Crippen molar-refractivity contribution in [3.8, 4) is 5.75 Å². The average molecular weight is 556 g/mol. The van der Waals surface area contributed by atoms with Gasteiger partial charge in [0.2, 0.25) is 5.91 Å². The fraction of sp³-hybridized carbons (Fsp3) is 0.308. The second-order valence-electron chi connectivity index (χ2n) is 8.03. The Hall–Kier alpha value is -3.50. The van der Waals surface area contributed by atoms with Gasteiger partial charge in [-0.1, -0.05) is 28.6 Å². The number of hydrogen-bond donors (Lipinski definition) is 2. The smallest absolute Gasteiger partial charge is 0.323 e. The van der Waals surface area contributed by atoms with Crippen molar-refractivity contribution in [3.63, 3.8) is 0 Å². The minimum atomic E-state index is -0.361. The first-order valence-electron chi connectivity index (χ1n) is 11.6. The van der Waals surface area contributed by atoms with E-state index in [2.05, 4.69) is 43.1 Å². The first kappa shape index (κ1) is 27.1. The molecule has 1 heterocycles. The Kier molecular flexibility index (Phi) is 9.77. The fourth-order valence-electron chi connectivity index (χ4n) is 3.42. The van der Waals surface area contributed by atoms with E-state index in [1.54, 1.807) is 19.1 Å². The number of anilines is 3. The van der Waals surface area contributed by atoms with Crippen LogP contribution in [0.5, 0.6) is 5.75 Å². The monoisotopic (exact) mass is 555 g/mol. The molecule has 0 bridgehead atoms. The Labute approximate surface area is 219 Å². The van der Waals surface area contributed by atoms with Crippen LogP contribution in [0.4, 0.5) is 17.2 Å². The number of carbonyl (C=O) groups is 2. The third-order valence-corrected chi connectivity index (χ3v) is 5.96. The van der Waals surface area contributed by atoms with Gasteiger partial charge >= 0.3 is 5.97 Å². The molecule has 1 unspecified atom stereocenters. The quantitative estimate of drug-likeness (QED) is 0.184. The molecule has 3 aromatic rings. The van der Waals surface area contributed by atoms with E-state index in [0.717, 1.165) is 10.2 Å². The van der Waals surface area contributed by atoms with Crippen molar-refractivity contribution in [2.45, 2.75) is 26.3 Å². The van der Waals surface area contributed by atoms with Crippen LogP contribution in [-0.2, 0) is 14.3 Å². The topological polar surface area (TPSA) is 106 Å². The SMILES string of the molecule is C=CC(=O)Nc1cc2c(Nc3cccc(Br)c3)ncnc2cc1OCCCN(C)C(C)C(=O)OCC. The molecule has 0 radical (unpaired) electrons. The molecule has 3 rings (SSSR count). The molecule has 1 atom stereocenters. The highest BCUT2D eigenvalue weighted by Gasteiger charge is 2.19. The molecule has 0 aliphatic rings. The minimum absolute atomic E-state index is 0.253. The van der Waals surface area contributed by atoms with Crippen molar-refractivity contribution in [1.29, 1.82) is 0 Å². The minimum Gasteiger partial charge on any atom is -0.491 e. The lowest BCUT2D eigenvalue weighted by Gasteiger charge is -2.23. The predicted molar refractivity (Wildman–Crippen MR) is 145 cm³/mol. The summed E-state index contributed by atoms with van der Waals surface area (Å²) in [6.07, 6.45) is 3.33. The molecule has 0 aliphatic carbocycles. The number of esters is 1. The Morgan fingerprint density at radius 1 is 1.25 bits per heavy atom. The summed E-state index contributed by atoms with van der Waals surface area (Å²) in [4.78, 5) is 34.7. The third kappa shape index (κ3) is 7.25. The first-order chi connectivity index (χ1) is 17.3. The highest BCUT2D eigenvalue weighted by molar-refractivity contribution is 9.10. The van der Waals surface area contributed by atoms with E-state index in [4.69, 9.17) is 9.47 Å². The number of rotatable bonds is 12. The van der Waals surface area contributed by atoms with Gasteiger partial charge in [-0.2, -0.15) is 0 Å². The molecule has 2 N–H and O–H groups in total. The maximum absolute atomic E-state index is 12.1. The average Bonchev–Trinajstić information content (AvgIpc) is 2.86. The summed E-state index contributed by atoms with van der Waals surface area (Å²) < 4.78 is 12.0. The molecule has 2 aromatic carbocycles. The molecule has 0 fully saturated rings. The Morgan fingerprint density at radius 2 is 2.06 bits per heavy atom. The number of nitrogens with one attached hydrogen (secondary N) is 2. The summed E-state index contributed by atoms with van der Waals surface area (Å²) in [7, 11) is 1.87. The second-order valence-corrected chi connectivity index (χ2v) is 8.94. The van der Waals surface area contributed by atoms with Crippen LogP contribution in [0.3, 0.4) is 0 Å². The van der Waals surface area contributed by atoms with E-state index in [1.807, 2.05) is 43.1 Å². The molecule has 1 amide bonds. The molecule has 1 aromatic heterocycles. The van der Waals surface area contributed by atoms with Crippen molar-refractivity contribution in [3.05, 3.63) is 59.9 Å². The van der Waals surface area contributed by atoms with Crippen molar-refractivity contribution in [2.75, 3.05) is 37.4 Å². The van der Waals surface area contributed by atoms with Gasteiger partial charge in [0, 0.05) is 28.2 Å². The summed E-state index contributed by atoms with van der Waals surface area (Å²) in [5.74, 6) is 0.455. The van der Waals surface area contributed by atoms with Crippen LogP contribution in [0.1, 0.15) is 20.3 Å². The van der Waals surface area contributed by atoms with Crippen molar-refractivity contribution < 1.29 is 19.1 Å². The number of halogens is 1. The lowest BCUT2D eigenvalue weighted by Crippen LogP contribution is -2.38. The number of nitrogens with zero attached hydrogens (tertiary/aromatic N) is 3. The lowest BCUT2D eigenvalue weighted by atomic mass is 10.1. The molecular weight excluding hydrogens is 526 g/mol. The van der Waals surface area contributed by atoms with Gasteiger partial charge in [0.25, 0.3) is 0 Å². The van der Waals surface area contributed by atoms with Gasteiger partial charge in [-0.25, -0.2) is 9.97 Å². The molecule has 9 nitrogen and oxygen atoms in total. The van der Waals surface area contributed by atoms with Gasteiger partial charge in [-0.3, -0.25) is 14.5 Å². The number of ether oxygens (including phenoxy) is 2. The molecule has 0 saturated carbocycles. The van der Waals surface area contributed by atoms with Crippen LogP contribution in [-0.4, -0.2) is 59.6 Å². The molecule has 36 heavy (non-hydrogen) atoms. The number of carbonyl (C=O) groups excluding carboxylic acids is 2. The summed E-state index contributed by atoms with van der Waals surface area (Å²) in [5.41, 5.74) is 1.98. The predicted octanol–water partition coefficient (Wildman–Crippen LogP) is 4.91. The van der Waals surface area contributed by atoms with Crippen LogP contribution in [0.25, 0.3) is 10.9 Å². The van der Waals surface area contributed by atoms with E-state index in [-0.39, 0.29) is 17.9 Å². The van der Waals surface area contributed by atoms with Crippen molar-refractivity contribution in [1.82, 2.24) is 14.9 Å². The fourth-order valence-corrected chi connectivity index (χ4v) is 3.82. The van der Waals surface area contributed by atoms with Crippen molar-refractivity contribution >= 4 is 55.9 Å².